The molecule has 1 atom stereocenters. The highest BCUT2D eigenvalue weighted by Gasteiger charge is 2.56. The van der Waals surface area contributed by atoms with Gasteiger partial charge in [-0.1, -0.05) is 0 Å². The smallest absolute Gasteiger partial charge is 0.364 e. The Kier molecular flexibility index (Phi) is 5.07. The maximum Gasteiger partial charge on any atom is 0.453 e. The molecule has 1 nitrogen and oxygen atoms in total. The van der Waals surface area contributed by atoms with Crippen LogP contribution in [-0.4, -0.2) is 22.8 Å². The molecule has 0 spiro atoms. The van der Waals surface area contributed by atoms with Crippen molar-refractivity contribution in [3.63, 3.8) is 0 Å². The van der Waals surface area contributed by atoms with Gasteiger partial charge < -0.3 is 4.98 Å². The van der Waals surface area contributed by atoms with Crippen molar-refractivity contribution >= 4 is 11.8 Å². The molecule has 0 amide bonds. The highest BCUT2D eigenvalue weighted by molar-refractivity contribution is 7.99. The number of aromatic nitrogens is 1. The summed E-state index contributed by atoms with van der Waals surface area (Å²) in [4.78, 5) is 2.97. The fourth-order valence-electron chi connectivity index (χ4n) is 1.38. The second-order valence-corrected chi connectivity index (χ2v) is 5.39. The second kappa shape index (κ2) is 5.95. The summed E-state index contributed by atoms with van der Waals surface area (Å²) in [7, 11) is 0. The van der Waals surface area contributed by atoms with Gasteiger partial charge in [0.2, 0.25) is 0 Å². The van der Waals surface area contributed by atoms with E-state index in [2.05, 4.69) is 4.98 Å². The van der Waals surface area contributed by atoms with Crippen molar-refractivity contribution in [3.8, 4) is 0 Å². The minimum Gasteiger partial charge on any atom is -0.364 e. The first-order valence-corrected chi connectivity index (χ1v) is 6.48. The van der Waals surface area contributed by atoms with Crippen molar-refractivity contribution in [3.05, 3.63) is 24.0 Å². The van der Waals surface area contributed by atoms with E-state index in [0.29, 0.717) is 0 Å². The number of rotatable bonds is 6. The van der Waals surface area contributed by atoms with Crippen molar-refractivity contribution < 1.29 is 22.0 Å². The van der Waals surface area contributed by atoms with Gasteiger partial charge in [-0.25, -0.2) is 0 Å². The first-order chi connectivity index (χ1) is 8.24. The number of hydrogen-bond donors (Lipinski definition) is 1. The van der Waals surface area contributed by atoms with Gasteiger partial charge in [-0.3, -0.25) is 0 Å². The van der Waals surface area contributed by atoms with Crippen LogP contribution < -0.4 is 0 Å². The molecule has 1 heterocycles. The van der Waals surface area contributed by atoms with Crippen LogP contribution in [0.15, 0.2) is 18.3 Å². The van der Waals surface area contributed by atoms with Gasteiger partial charge in [-0.2, -0.15) is 33.7 Å². The minimum absolute atomic E-state index is 0.0551. The average molecular weight is 287 g/mol. The van der Waals surface area contributed by atoms with E-state index in [4.69, 9.17) is 0 Å². The third-order valence-electron chi connectivity index (χ3n) is 2.48. The average Bonchev–Trinajstić information content (AvgIpc) is 2.75. The predicted molar refractivity (Wildman–Crippen MR) is 61.9 cm³/mol. The molecule has 0 aliphatic heterocycles. The molecule has 1 unspecified atom stereocenters. The Hall–Kier alpha value is -0.720. The van der Waals surface area contributed by atoms with E-state index in [0.717, 1.165) is 5.69 Å². The Morgan fingerprint density at radius 1 is 1.28 bits per heavy atom. The van der Waals surface area contributed by atoms with E-state index in [9.17, 15) is 22.0 Å². The van der Waals surface area contributed by atoms with Crippen molar-refractivity contribution in [2.45, 2.75) is 37.1 Å². The Morgan fingerprint density at radius 2 is 1.94 bits per heavy atom. The van der Waals surface area contributed by atoms with Crippen LogP contribution in [-0.2, 0) is 0 Å². The first-order valence-electron chi connectivity index (χ1n) is 5.43. The molecule has 0 aliphatic rings. The van der Waals surface area contributed by atoms with Crippen molar-refractivity contribution in [2.75, 3.05) is 5.75 Å². The SMILES string of the molecule is CC(SCCCC(F)(F)C(F)(F)F)c1ccc[nH]1. The van der Waals surface area contributed by atoms with Crippen molar-refractivity contribution in [2.24, 2.45) is 0 Å². The second-order valence-electron chi connectivity index (χ2n) is 3.94. The Bertz CT molecular complexity index is 347. The maximum absolute atomic E-state index is 12.6. The molecule has 0 aliphatic carbocycles. The Labute approximate surface area is 106 Å². The molecular weight excluding hydrogens is 273 g/mol. The van der Waals surface area contributed by atoms with Crippen molar-refractivity contribution in [1.29, 1.82) is 0 Å². The van der Waals surface area contributed by atoms with Crippen LogP contribution in [0.3, 0.4) is 0 Å². The van der Waals surface area contributed by atoms with E-state index in [1.54, 1.807) is 6.20 Å². The van der Waals surface area contributed by atoms with Gasteiger partial charge in [0.15, 0.2) is 0 Å². The molecule has 7 heteroatoms. The third-order valence-corrected chi connectivity index (χ3v) is 3.76. The lowest BCUT2D eigenvalue weighted by atomic mass is 10.2. The fraction of sp³-hybridized carbons (Fsp3) is 0.636. The van der Waals surface area contributed by atoms with E-state index >= 15 is 0 Å². The van der Waals surface area contributed by atoms with Gasteiger partial charge in [-0.05, 0) is 31.2 Å². The summed E-state index contributed by atoms with van der Waals surface area (Å²) in [6, 6.07) is 3.66. The molecule has 1 aromatic rings. The van der Waals surface area contributed by atoms with Gasteiger partial charge in [0.25, 0.3) is 0 Å². The highest BCUT2D eigenvalue weighted by Crippen LogP contribution is 2.39. The number of halogens is 5. The van der Waals surface area contributed by atoms with E-state index in [1.807, 2.05) is 19.1 Å². The van der Waals surface area contributed by atoms with Gasteiger partial charge >= 0.3 is 12.1 Å². The van der Waals surface area contributed by atoms with Crippen LogP contribution in [0.2, 0.25) is 0 Å². The molecule has 0 radical (unpaired) electrons. The molecule has 1 aromatic heterocycles. The van der Waals surface area contributed by atoms with E-state index < -0.39 is 18.5 Å². The molecule has 0 aromatic carbocycles. The normalized spacial score (nSPS) is 14.8. The third kappa shape index (κ3) is 4.19. The lowest BCUT2D eigenvalue weighted by Gasteiger charge is -2.19. The number of alkyl halides is 5. The number of aromatic amines is 1. The first kappa shape index (κ1) is 15.3. The quantitative estimate of drug-likeness (QED) is 0.587. The molecule has 0 saturated heterocycles. The molecule has 0 saturated carbocycles. The van der Waals surface area contributed by atoms with Gasteiger partial charge in [-0.15, -0.1) is 0 Å². The summed E-state index contributed by atoms with van der Waals surface area (Å²) in [5.41, 5.74) is 0.933. The van der Waals surface area contributed by atoms with Crippen LogP contribution in [0.4, 0.5) is 22.0 Å². The summed E-state index contributed by atoms with van der Waals surface area (Å²) in [6.07, 6.45) is -5.02. The van der Waals surface area contributed by atoms with E-state index in [1.165, 1.54) is 11.8 Å². The number of H-pyrrole nitrogens is 1. The van der Waals surface area contributed by atoms with Crippen LogP contribution >= 0.6 is 11.8 Å². The van der Waals surface area contributed by atoms with Gasteiger partial charge in [0, 0.05) is 23.6 Å². The highest BCUT2D eigenvalue weighted by atomic mass is 32.2. The molecule has 0 fully saturated rings. The number of nitrogens with one attached hydrogen (secondary N) is 1. The summed E-state index contributed by atoms with van der Waals surface area (Å²) in [6.45, 7) is 1.87. The molecule has 18 heavy (non-hydrogen) atoms. The van der Waals surface area contributed by atoms with Crippen LogP contribution in [0, 0.1) is 0 Å². The topological polar surface area (TPSA) is 15.8 Å². The number of thioether (sulfide) groups is 1. The fourth-order valence-corrected chi connectivity index (χ4v) is 2.37. The van der Waals surface area contributed by atoms with Gasteiger partial charge in [0.05, 0.1) is 0 Å². The van der Waals surface area contributed by atoms with Crippen LogP contribution in [0.1, 0.15) is 30.7 Å². The summed E-state index contributed by atoms with van der Waals surface area (Å²) >= 11 is 1.35. The molecule has 1 rings (SSSR count). The molecule has 1 N–H and O–H groups in total. The molecule has 0 bridgehead atoms. The lowest BCUT2D eigenvalue weighted by Crippen LogP contribution is -2.36. The molecule has 104 valence electrons. The zero-order valence-electron chi connectivity index (χ0n) is 9.73. The zero-order valence-corrected chi connectivity index (χ0v) is 10.5. The Morgan fingerprint density at radius 3 is 2.44 bits per heavy atom. The zero-order chi connectivity index (χ0) is 13.8. The van der Waals surface area contributed by atoms with Crippen LogP contribution in [0.25, 0.3) is 0 Å². The molecular formula is C11H14F5NS. The minimum atomic E-state index is -5.44. The summed E-state index contributed by atoms with van der Waals surface area (Å²) in [5.74, 6) is -4.31. The van der Waals surface area contributed by atoms with Gasteiger partial charge in [0.1, 0.15) is 0 Å². The predicted octanol–water partition coefficient (Wildman–Crippen LogP) is 4.79. The lowest BCUT2D eigenvalue weighted by molar-refractivity contribution is -0.284. The Balaban J connectivity index is 2.27. The van der Waals surface area contributed by atoms with Crippen molar-refractivity contribution in [1.82, 2.24) is 4.98 Å². The summed E-state index contributed by atoms with van der Waals surface area (Å²) in [5, 5.41) is 0.0551. The standard InChI is InChI=1S/C11H14F5NS/c1-8(9-4-2-6-17-9)18-7-3-5-10(12,13)11(14,15)16/h2,4,6,8,17H,3,5,7H2,1H3. The largest absolute Gasteiger partial charge is 0.453 e. The summed E-state index contributed by atoms with van der Waals surface area (Å²) < 4.78 is 60.8. The maximum atomic E-state index is 12.6. The number of hydrogen-bond acceptors (Lipinski definition) is 1. The monoisotopic (exact) mass is 287 g/mol. The van der Waals surface area contributed by atoms with E-state index in [-0.39, 0.29) is 17.4 Å². The van der Waals surface area contributed by atoms with Crippen LogP contribution in [0.5, 0.6) is 0 Å².